The fourth-order valence-corrected chi connectivity index (χ4v) is 3.28. The molecule has 4 rings (SSSR count). The molecule has 0 radical (unpaired) electrons. The maximum atomic E-state index is 5.95. The van der Waals surface area contributed by atoms with E-state index in [4.69, 9.17) is 57.6 Å². The molecule has 0 aliphatic carbocycles. The highest BCUT2D eigenvalue weighted by Gasteiger charge is 2.04. The lowest BCUT2D eigenvalue weighted by Gasteiger charge is -2.07. The number of nitrogen functional groups attached to an aromatic ring is 6. The highest BCUT2D eigenvalue weighted by molar-refractivity contribution is 6.34. The molecular weight excluding hydrogens is 443 g/mol. The normalized spacial score (nSPS) is 10.3. The van der Waals surface area contributed by atoms with Crippen molar-refractivity contribution in [1.29, 1.82) is 0 Å². The molecule has 12 N–H and O–H groups in total. The van der Waals surface area contributed by atoms with Crippen LogP contribution in [0.3, 0.4) is 0 Å². The minimum absolute atomic E-state index is 0.533. The molecule has 0 saturated heterocycles. The van der Waals surface area contributed by atoms with Crippen LogP contribution in [-0.4, -0.2) is 0 Å². The van der Waals surface area contributed by atoms with Crippen LogP contribution in [0.4, 0.5) is 34.1 Å². The summed E-state index contributed by atoms with van der Waals surface area (Å²) in [4.78, 5) is 0. The van der Waals surface area contributed by atoms with Crippen LogP contribution in [-0.2, 0) is 0 Å². The zero-order valence-electron chi connectivity index (χ0n) is 17.1. The number of benzene rings is 4. The predicted octanol–water partition coefficient (Wildman–Crippen LogP) is 5.51. The summed E-state index contributed by atoms with van der Waals surface area (Å²) in [6.45, 7) is 0. The molecule has 0 spiro atoms. The van der Waals surface area contributed by atoms with Crippen LogP contribution in [0.1, 0.15) is 0 Å². The van der Waals surface area contributed by atoms with E-state index < -0.39 is 0 Å². The SMILES string of the molecule is Nc1ccc(-c2ccc(N)c(Cl)c2)cc1Cl.Nc1ccc(-c2ccc(N)c(N)c2)cc1N. The molecule has 0 bridgehead atoms. The van der Waals surface area contributed by atoms with E-state index in [0.717, 1.165) is 22.3 Å². The Bertz CT molecular complexity index is 1080. The van der Waals surface area contributed by atoms with Gasteiger partial charge in [-0.25, -0.2) is 0 Å². The van der Waals surface area contributed by atoms with Crippen molar-refractivity contribution in [3.8, 4) is 22.3 Å². The molecule has 0 aromatic heterocycles. The van der Waals surface area contributed by atoms with Gasteiger partial charge in [0.15, 0.2) is 0 Å². The van der Waals surface area contributed by atoms with Gasteiger partial charge in [-0.1, -0.05) is 47.5 Å². The Labute approximate surface area is 196 Å². The van der Waals surface area contributed by atoms with Crippen LogP contribution in [0.5, 0.6) is 0 Å². The molecule has 32 heavy (non-hydrogen) atoms. The average molecular weight is 467 g/mol. The van der Waals surface area contributed by atoms with E-state index in [2.05, 4.69) is 0 Å². The first kappa shape index (κ1) is 22.9. The first-order valence-corrected chi connectivity index (χ1v) is 10.3. The lowest BCUT2D eigenvalue weighted by Crippen LogP contribution is -1.96. The van der Waals surface area contributed by atoms with Gasteiger partial charge in [0.05, 0.1) is 44.2 Å². The molecule has 8 heteroatoms. The Morgan fingerprint density at radius 3 is 0.906 bits per heavy atom. The number of anilines is 6. The lowest BCUT2D eigenvalue weighted by molar-refractivity contribution is 1.60. The van der Waals surface area contributed by atoms with Crippen molar-refractivity contribution in [2.75, 3.05) is 34.4 Å². The molecule has 0 amide bonds. The predicted molar refractivity (Wildman–Crippen MR) is 140 cm³/mol. The van der Waals surface area contributed by atoms with Crippen molar-refractivity contribution >= 4 is 57.3 Å². The van der Waals surface area contributed by atoms with E-state index in [1.165, 1.54) is 0 Å². The fourth-order valence-electron chi connectivity index (χ4n) is 2.92. The van der Waals surface area contributed by atoms with Crippen molar-refractivity contribution < 1.29 is 0 Å². The van der Waals surface area contributed by atoms with E-state index in [9.17, 15) is 0 Å². The smallest absolute Gasteiger partial charge is 0.0641 e. The summed E-state index contributed by atoms with van der Waals surface area (Å²) in [5, 5.41) is 1.07. The van der Waals surface area contributed by atoms with Gasteiger partial charge in [-0.2, -0.15) is 0 Å². The van der Waals surface area contributed by atoms with Gasteiger partial charge in [0.25, 0.3) is 0 Å². The van der Waals surface area contributed by atoms with Gasteiger partial charge >= 0.3 is 0 Å². The highest BCUT2D eigenvalue weighted by Crippen LogP contribution is 2.31. The fraction of sp³-hybridized carbons (Fsp3) is 0. The number of halogens is 2. The van der Waals surface area contributed by atoms with Crippen LogP contribution in [0.25, 0.3) is 22.3 Å². The largest absolute Gasteiger partial charge is 0.398 e. The molecule has 0 fully saturated rings. The first-order chi connectivity index (χ1) is 15.2. The molecule has 6 nitrogen and oxygen atoms in total. The number of rotatable bonds is 2. The summed E-state index contributed by atoms with van der Waals surface area (Å²) < 4.78 is 0. The molecular formula is C24H24Cl2N6. The topological polar surface area (TPSA) is 156 Å². The number of hydrogen-bond donors (Lipinski definition) is 6. The van der Waals surface area contributed by atoms with Crippen LogP contribution >= 0.6 is 23.2 Å². The minimum Gasteiger partial charge on any atom is -0.398 e. The summed E-state index contributed by atoms with van der Waals surface area (Å²) in [6, 6.07) is 21.9. The maximum Gasteiger partial charge on any atom is 0.0641 e. The maximum absolute atomic E-state index is 5.95. The van der Waals surface area contributed by atoms with E-state index in [-0.39, 0.29) is 0 Å². The van der Waals surface area contributed by atoms with Crippen molar-refractivity contribution in [2.24, 2.45) is 0 Å². The summed E-state index contributed by atoms with van der Waals surface area (Å²) in [7, 11) is 0. The summed E-state index contributed by atoms with van der Waals surface area (Å²) in [5.74, 6) is 0. The van der Waals surface area contributed by atoms with Crippen LogP contribution < -0.4 is 34.4 Å². The molecule has 0 heterocycles. The monoisotopic (exact) mass is 466 g/mol. The lowest BCUT2D eigenvalue weighted by atomic mass is 10.0. The van der Waals surface area contributed by atoms with Gasteiger partial charge in [-0.15, -0.1) is 0 Å². The van der Waals surface area contributed by atoms with Gasteiger partial charge in [0, 0.05) is 0 Å². The van der Waals surface area contributed by atoms with Crippen molar-refractivity contribution in [3.63, 3.8) is 0 Å². The Morgan fingerprint density at radius 1 is 0.344 bits per heavy atom. The Hall–Kier alpha value is -3.74. The second kappa shape index (κ2) is 9.60. The third-order valence-electron chi connectivity index (χ3n) is 4.84. The number of hydrogen-bond acceptors (Lipinski definition) is 6. The quantitative estimate of drug-likeness (QED) is 0.214. The molecule has 4 aromatic carbocycles. The molecule has 0 unspecified atom stereocenters. The van der Waals surface area contributed by atoms with Crippen LogP contribution in [0, 0.1) is 0 Å². The molecule has 0 saturated carbocycles. The summed E-state index contributed by atoms with van der Waals surface area (Å²) in [5.41, 5.74) is 41.3. The molecule has 0 atom stereocenters. The Morgan fingerprint density at radius 2 is 0.625 bits per heavy atom. The Kier molecular flexibility index (Phi) is 6.88. The second-order valence-corrected chi connectivity index (χ2v) is 7.97. The van der Waals surface area contributed by atoms with Gasteiger partial charge in [0.1, 0.15) is 0 Å². The molecule has 164 valence electrons. The van der Waals surface area contributed by atoms with Gasteiger partial charge in [-0.3, -0.25) is 0 Å². The zero-order valence-corrected chi connectivity index (χ0v) is 18.7. The van der Waals surface area contributed by atoms with E-state index >= 15 is 0 Å². The molecule has 0 aliphatic rings. The summed E-state index contributed by atoms with van der Waals surface area (Å²) >= 11 is 11.9. The van der Waals surface area contributed by atoms with Crippen LogP contribution in [0.2, 0.25) is 10.0 Å². The van der Waals surface area contributed by atoms with Crippen molar-refractivity contribution in [2.45, 2.75) is 0 Å². The Balaban J connectivity index is 0.000000181. The first-order valence-electron chi connectivity index (χ1n) is 9.56. The van der Waals surface area contributed by atoms with E-state index in [0.29, 0.717) is 44.2 Å². The standard InChI is InChI=1S/C12H10Cl2N2.C12H14N4/c13-9-5-7(1-3-11(9)15)8-2-4-12(16)10(14)6-8;13-9-3-1-7(5-11(9)15)8-2-4-10(14)12(16)6-8/h1-6H,15-16H2;1-6H,13-16H2. The third kappa shape index (κ3) is 5.29. The average Bonchev–Trinajstić information content (AvgIpc) is 2.76. The van der Waals surface area contributed by atoms with Gasteiger partial charge in [-0.05, 0) is 70.8 Å². The molecule has 0 aliphatic heterocycles. The van der Waals surface area contributed by atoms with Gasteiger partial charge < -0.3 is 34.4 Å². The highest BCUT2D eigenvalue weighted by atomic mass is 35.5. The van der Waals surface area contributed by atoms with E-state index in [1.54, 1.807) is 36.4 Å². The number of nitrogens with two attached hydrogens (primary N) is 6. The van der Waals surface area contributed by atoms with Crippen molar-refractivity contribution in [1.82, 2.24) is 0 Å². The van der Waals surface area contributed by atoms with Crippen LogP contribution in [0.15, 0.2) is 72.8 Å². The van der Waals surface area contributed by atoms with E-state index in [1.807, 2.05) is 36.4 Å². The van der Waals surface area contributed by atoms with Crippen molar-refractivity contribution in [3.05, 3.63) is 82.8 Å². The molecule has 4 aromatic rings. The zero-order chi connectivity index (χ0) is 23.4. The summed E-state index contributed by atoms with van der Waals surface area (Å²) in [6.07, 6.45) is 0. The van der Waals surface area contributed by atoms with Gasteiger partial charge in [0.2, 0.25) is 0 Å². The second-order valence-electron chi connectivity index (χ2n) is 7.16. The third-order valence-corrected chi connectivity index (χ3v) is 5.50. The minimum atomic E-state index is 0.533.